The zero-order valence-electron chi connectivity index (χ0n) is 17.5. The molecule has 0 unspecified atom stereocenters. The predicted molar refractivity (Wildman–Crippen MR) is 121 cm³/mol. The smallest absolute Gasteiger partial charge is 0.368 e. The molecule has 4 nitrogen and oxygen atoms in total. The number of amides is 2. The second-order valence-corrected chi connectivity index (χ2v) is 7.90. The summed E-state index contributed by atoms with van der Waals surface area (Å²) >= 11 is 0. The molecule has 0 aromatic heterocycles. The monoisotopic (exact) mass is 450 g/mol. The fourth-order valence-corrected chi connectivity index (χ4v) is 4.00. The van der Waals surface area contributed by atoms with Crippen molar-refractivity contribution in [2.45, 2.75) is 25.1 Å². The van der Waals surface area contributed by atoms with Gasteiger partial charge in [-0.2, -0.15) is 13.2 Å². The molecule has 0 fully saturated rings. The quantitative estimate of drug-likeness (QED) is 0.416. The van der Waals surface area contributed by atoms with Crippen molar-refractivity contribution in [2.75, 3.05) is 0 Å². The molecule has 0 aliphatic heterocycles. The SMILES string of the molecule is NC(=O)[C@@H](Cc1c2ccccc2cc2ccccc12)NC(=O)Cc1ccc(C(F)(F)F)cc1. The number of hydrogen-bond acceptors (Lipinski definition) is 2. The van der Waals surface area contributed by atoms with E-state index < -0.39 is 29.6 Å². The van der Waals surface area contributed by atoms with E-state index in [4.69, 9.17) is 5.73 Å². The molecule has 4 rings (SSSR count). The van der Waals surface area contributed by atoms with Crippen LogP contribution in [0.1, 0.15) is 16.7 Å². The van der Waals surface area contributed by atoms with E-state index in [9.17, 15) is 22.8 Å². The number of hydrogen-bond donors (Lipinski definition) is 2. The van der Waals surface area contributed by atoms with E-state index in [0.717, 1.165) is 39.2 Å². The Morgan fingerprint density at radius 3 is 1.91 bits per heavy atom. The van der Waals surface area contributed by atoms with Crippen LogP contribution in [0, 0.1) is 0 Å². The van der Waals surface area contributed by atoms with Crippen molar-refractivity contribution in [3.8, 4) is 0 Å². The van der Waals surface area contributed by atoms with Crippen LogP contribution in [-0.4, -0.2) is 17.9 Å². The summed E-state index contributed by atoms with van der Waals surface area (Å²) in [5.41, 5.74) is 6.11. The molecule has 1 atom stereocenters. The second-order valence-electron chi connectivity index (χ2n) is 7.90. The number of rotatable bonds is 6. The molecule has 168 valence electrons. The summed E-state index contributed by atoms with van der Waals surface area (Å²) in [6.45, 7) is 0. The molecule has 0 heterocycles. The van der Waals surface area contributed by atoms with Gasteiger partial charge in [0.1, 0.15) is 6.04 Å². The van der Waals surface area contributed by atoms with Crippen LogP contribution in [0.15, 0.2) is 78.9 Å². The minimum absolute atomic E-state index is 0.168. The van der Waals surface area contributed by atoms with Crippen LogP contribution < -0.4 is 11.1 Å². The Morgan fingerprint density at radius 1 is 0.848 bits per heavy atom. The van der Waals surface area contributed by atoms with Gasteiger partial charge in [0, 0.05) is 6.42 Å². The molecule has 0 saturated heterocycles. The molecule has 0 spiro atoms. The van der Waals surface area contributed by atoms with Gasteiger partial charge in [-0.1, -0.05) is 60.7 Å². The fourth-order valence-electron chi connectivity index (χ4n) is 4.00. The van der Waals surface area contributed by atoms with Crippen LogP contribution in [0.3, 0.4) is 0 Å². The lowest BCUT2D eigenvalue weighted by atomic mass is 9.92. The van der Waals surface area contributed by atoms with Crippen molar-refractivity contribution in [3.05, 3.63) is 95.6 Å². The molecule has 2 amide bonds. The standard InChI is InChI=1S/C26H21F3N2O2/c27-26(28,29)19-11-9-16(10-12-19)13-24(32)31-23(25(30)33)15-22-20-7-3-1-5-17(20)14-18-6-2-4-8-21(18)22/h1-12,14,23H,13,15H2,(H2,30,33)(H,31,32)/t23-/m1/s1. The third-order valence-corrected chi connectivity index (χ3v) is 5.62. The van der Waals surface area contributed by atoms with Crippen LogP contribution in [0.5, 0.6) is 0 Å². The first kappa shape index (κ1) is 22.3. The third kappa shape index (κ3) is 4.98. The summed E-state index contributed by atoms with van der Waals surface area (Å²) in [6, 6.07) is 21.0. The van der Waals surface area contributed by atoms with Gasteiger partial charge < -0.3 is 11.1 Å². The largest absolute Gasteiger partial charge is 0.416 e. The van der Waals surface area contributed by atoms with E-state index in [2.05, 4.69) is 11.4 Å². The Balaban J connectivity index is 1.58. The minimum Gasteiger partial charge on any atom is -0.368 e. The van der Waals surface area contributed by atoms with Crippen molar-refractivity contribution < 1.29 is 22.8 Å². The Kier molecular flexibility index (Phi) is 6.05. The maximum Gasteiger partial charge on any atom is 0.416 e. The number of nitrogens with two attached hydrogens (primary N) is 1. The third-order valence-electron chi connectivity index (χ3n) is 5.62. The van der Waals surface area contributed by atoms with Gasteiger partial charge in [0.2, 0.25) is 11.8 Å². The van der Waals surface area contributed by atoms with E-state index in [-0.39, 0.29) is 12.8 Å². The average Bonchev–Trinajstić information content (AvgIpc) is 2.78. The number of nitrogens with one attached hydrogen (secondary N) is 1. The summed E-state index contributed by atoms with van der Waals surface area (Å²) in [5.74, 6) is -1.18. The van der Waals surface area contributed by atoms with Crippen molar-refractivity contribution >= 4 is 33.4 Å². The first-order chi connectivity index (χ1) is 15.7. The van der Waals surface area contributed by atoms with Gasteiger partial charge in [-0.3, -0.25) is 9.59 Å². The highest BCUT2D eigenvalue weighted by molar-refractivity contribution is 6.03. The molecule has 33 heavy (non-hydrogen) atoms. The van der Waals surface area contributed by atoms with Crippen LogP contribution in [-0.2, 0) is 28.6 Å². The van der Waals surface area contributed by atoms with E-state index in [1.165, 1.54) is 12.1 Å². The lowest BCUT2D eigenvalue weighted by molar-refractivity contribution is -0.137. The molecule has 4 aromatic carbocycles. The van der Waals surface area contributed by atoms with Gasteiger partial charge in [0.05, 0.1) is 12.0 Å². The Labute approximate surface area is 188 Å². The summed E-state index contributed by atoms with van der Waals surface area (Å²) in [7, 11) is 0. The first-order valence-corrected chi connectivity index (χ1v) is 10.4. The highest BCUT2D eigenvalue weighted by atomic mass is 19.4. The first-order valence-electron chi connectivity index (χ1n) is 10.4. The van der Waals surface area contributed by atoms with Crippen LogP contribution in [0.4, 0.5) is 13.2 Å². The summed E-state index contributed by atoms with van der Waals surface area (Å²) in [6.07, 6.45) is -4.42. The molecule has 0 bridgehead atoms. The minimum atomic E-state index is -4.45. The molecular formula is C26H21F3N2O2. The number of carbonyl (C=O) groups excluding carboxylic acids is 2. The average molecular weight is 450 g/mol. The molecule has 0 saturated carbocycles. The van der Waals surface area contributed by atoms with Gasteiger partial charge >= 0.3 is 6.18 Å². The molecule has 3 N–H and O–H groups in total. The fraction of sp³-hybridized carbons (Fsp3) is 0.154. The zero-order chi connectivity index (χ0) is 23.6. The van der Waals surface area contributed by atoms with Crippen molar-refractivity contribution in [3.63, 3.8) is 0 Å². The van der Waals surface area contributed by atoms with Crippen LogP contribution in [0.25, 0.3) is 21.5 Å². The Hall–Kier alpha value is -3.87. The maximum absolute atomic E-state index is 12.7. The van der Waals surface area contributed by atoms with E-state index in [1.807, 2.05) is 48.5 Å². The lowest BCUT2D eigenvalue weighted by Gasteiger charge is -2.19. The van der Waals surface area contributed by atoms with Gasteiger partial charge in [-0.25, -0.2) is 0 Å². The van der Waals surface area contributed by atoms with Crippen LogP contribution >= 0.6 is 0 Å². The molecule has 0 aliphatic rings. The molecule has 7 heteroatoms. The molecule has 0 radical (unpaired) electrons. The molecule has 4 aromatic rings. The zero-order valence-corrected chi connectivity index (χ0v) is 17.5. The number of carbonyl (C=O) groups is 2. The number of halogens is 3. The van der Waals surface area contributed by atoms with Crippen molar-refractivity contribution in [2.24, 2.45) is 5.73 Å². The Morgan fingerprint density at radius 2 is 1.39 bits per heavy atom. The van der Waals surface area contributed by atoms with Gasteiger partial charge in [0.15, 0.2) is 0 Å². The molecular weight excluding hydrogens is 429 g/mol. The Bertz CT molecular complexity index is 1280. The van der Waals surface area contributed by atoms with Gasteiger partial charge in [0.25, 0.3) is 0 Å². The summed E-state index contributed by atoms with van der Waals surface area (Å²) in [4.78, 5) is 24.8. The van der Waals surface area contributed by atoms with Gasteiger partial charge in [-0.05, 0) is 50.9 Å². The van der Waals surface area contributed by atoms with Crippen molar-refractivity contribution in [1.82, 2.24) is 5.32 Å². The summed E-state index contributed by atoms with van der Waals surface area (Å²) < 4.78 is 38.2. The summed E-state index contributed by atoms with van der Waals surface area (Å²) in [5, 5.41) is 6.58. The predicted octanol–water partition coefficient (Wildman–Crippen LogP) is 4.77. The normalized spacial score (nSPS) is 12.6. The topological polar surface area (TPSA) is 72.2 Å². The van der Waals surface area contributed by atoms with Crippen LogP contribution in [0.2, 0.25) is 0 Å². The number of fused-ring (bicyclic) bond motifs is 2. The van der Waals surface area contributed by atoms with E-state index in [1.54, 1.807) is 0 Å². The highest BCUT2D eigenvalue weighted by Gasteiger charge is 2.30. The number of primary amides is 1. The lowest BCUT2D eigenvalue weighted by Crippen LogP contribution is -2.46. The number of alkyl halides is 3. The van der Waals surface area contributed by atoms with Gasteiger partial charge in [-0.15, -0.1) is 0 Å². The van der Waals surface area contributed by atoms with Crippen molar-refractivity contribution in [1.29, 1.82) is 0 Å². The second kappa shape index (κ2) is 8.94. The van der Waals surface area contributed by atoms with E-state index in [0.29, 0.717) is 5.56 Å². The maximum atomic E-state index is 12.7. The molecule has 0 aliphatic carbocycles. The highest BCUT2D eigenvalue weighted by Crippen LogP contribution is 2.30. The van der Waals surface area contributed by atoms with E-state index >= 15 is 0 Å². The number of benzene rings is 4.